The molecular formula is C14H16N2O2. The van der Waals surface area contributed by atoms with E-state index in [0.717, 1.165) is 0 Å². The smallest absolute Gasteiger partial charge is 0.254 e. The van der Waals surface area contributed by atoms with Crippen LogP contribution in [0.25, 0.3) is 0 Å². The summed E-state index contributed by atoms with van der Waals surface area (Å²) in [5, 5.41) is 8.85. The highest BCUT2D eigenvalue weighted by atomic mass is 16.5. The number of carbonyl (C=O) groups is 1. The van der Waals surface area contributed by atoms with Gasteiger partial charge in [0.1, 0.15) is 0 Å². The zero-order valence-corrected chi connectivity index (χ0v) is 10.6. The van der Waals surface area contributed by atoms with Gasteiger partial charge >= 0.3 is 0 Å². The van der Waals surface area contributed by atoms with E-state index < -0.39 is 0 Å². The molecule has 2 atom stereocenters. The van der Waals surface area contributed by atoms with E-state index in [0.29, 0.717) is 24.3 Å². The zero-order valence-electron chi connectivity index (χ0n) is 10.6. The molecule has 0 radical (unpaired) electrons. The molecule has 0 unspecified atom stereocenters. The summed E-state index contributed by atoms with van der Waals surface area (Å²) in [5.41, 5.74) is 1.07. The second-order valence-electron chi connectivity index (χ2n) is 4.64. The Bertz CT molecular complexity index is 493. The van der Waals surface area contributed by atoms with E-state index in [9.17, 15) is 4.79 Å². The Kier molecular flexibility index (Phi) is 3.63. The normalized spacial score (nSPS) is 23.5. The van der Waals surface area contributed by atoms with Gasteiger partial charge in [0.05, 0.1) is 30.4 Å². The van der Waals surface area contributed by atoms with Crippen LogP contribution in [0.15, 0.2) is 24.3 Å². The maximum absolute atomic E-state index is 12.4. The number of rotatable bonds is 1. The minimum Gasteiger partial charge on any atom is -0.375 e. The molecule has 1 aromatic carbocycles. The lowest BCUT2D eigenvalue weighted by Gasteiger charge is -2.36. The van der Waals surface area contributed by atoms with E-state index in [2.05, 4.69) is 0 Å². The minimum absolute atomic E-state index is 0.0326. The summed E-state index contributed by atoms with van der Waals surface area (Å²) in [6.45, 7) is 5.08. The Morgan fingerprint density at radius 2 is 2.28 bits per heavy atom. The van der Waals surface area contributed by atoms with Crippen LogP contribution in [-0.2, 0) is 4.74 Å². The first kappa shape index (κ1) is 12.6. The number of nitriles is 1. The fraction of sp³-hybridized carbons (Fsp3) is 0.429. The van der Waals surface area contributed by atoms with Crippen molar-refractivity contribution in [3.63, 3.8) is 0 Å². The van der Waals surface area contributed by atoms with Gasteiger partial charge in [0.15, 0.2) is 0 Å². The van der Waals surface area contributed by atoms with E-state index in [1.54, 1.807) is 24.3 Å². The molecule has 0 saturated carbocycles. The molecule has 1 heterocycles. The molecule has 1 fully saturated rings. The summed E-state index contributed by atoms with van der Waals surface area (Å²) in [6, 6.07) is 8.93. The molecule has 94 valence electrons. The first-order valence-corrected chi connectivity index (χ1v) is 6.04. The number of amides is 1. The lowest BCUT2D eigenvalue weighted by atomic mass is 10.1. The average molecular weight is 244 g/mol. The highest BCUT2D eigenvalue weighted by Gasteiger charge is 2.28. The molecule has 0 spiro atoms. The van der Waals surface area contributed by atoms with Crippen LogP contribution in [0.4, 0.5) is 0 Å². The monoisotopic (exact) mass is 244 g/mol. The predicted octanol–water partition coefficient (Wildman–Crippen LogP) is 1.81. The third kappa shape index (κ3) is 2.52. The van der Waals surface area contributed by atoms with Crippen molar-refractivity contribution in [1.82, 2.24) is 4.90 Å². The number of nitrogens with zero attached hydrogens (tertiary/aromatic N) is 2. The molecule has 2 rings (SSSR count). The number of carbonyl (C=O) groups excluding carboxylic acids is 1. The van der Waals surface area contributed by atoms with Gasteiger partial charge in [-0.2, -0.15) is 5.26 Å². The van der Waals surface area contributed by atoms with E-state index in [-0.39, 0.29) is 18.1 Å². The predicted molar refractivity (Wildman–Crippen MR) is 67.1 cm³/mol. The van der Waals surface area contributed by atoms with E-state index in [4.69, 9.17) is 10.00 Å². The van der Waals surface area contributed by atoms with Gasteiger partial charge in [0.2, 0.25) is 0 Å². The molecule has 4 heteroatoms. The number of benzene rings is 1. The topological polar surface area (TPSA) is 53.3 Å². The summed E-state index contributed by atoms with van der Waals surface area (Å²) in [6.07, 6.45) is 0.0595. The quantitative estimate of drug-likeness (QED) is 0.757. The molecule has 4 nitrogen and oxygen atoms in total. The Hall–Kier alpha value is -1.86. The Balaban J connectivity index is 2.22. The summed E-state index contributed by atoms with van der Waals surface area (Å²) in [5.74, 6) is -0.0326. The van der Waals surface area contributed by atoms with Gasteiger partial charge in [-0.1, -0.05) is 6.07 Å². The maximum atomic E-state index is 12.4. The molecule has 0 N–H and O–H groups in total. The highest BCUT2D eigenvalue weighted by Crippen LogP contribution is 2.16. The molecule has 18 heavy (non-hydrogen) atoms. The third-order valence-electron chi connectivity index (χ3n) is 3.11. The number of hydrogen-bond acceptors (Lipinski definition) is 3. The lowest BCUT2D eigenvalue weighted by molar-refractivity contribution is -0.0387. The average Bonchev–Trinajstić information content (AvgIpc) is 2.41. The standard InChI is InChI=1S/C14H16N2O2/c1-10-9-18-11(2)8-16(10)14(17)13-5-3-4-12(6-13)7-15/h3-6,10-11H,8-9H2,1-2H3/t10-,11-/m1/s1. The number of morpholine rings is 1. The van der Waals surface area contributed by atoms with Crippen LogP contribution in [-0.4, -0.2) is 36.1 Å². The van der Waals surface area contributed by atoms with E-state index in [1.165, 1.54) is 0 Å². The maximum Gasteiger partial charge on any atom is 0.254 e. The molecule has 1 amide bonds. The van der Waals surface area contributed by atoms with Crippen molar-refractivity contribution in [2.24, 2.45) is 0 Å². The first-order chi connectivity index (χ1) is 8.61. The van der Waals surface area contributed by atoms with Crippen LogP contribution in [0.3, 0.4) is 0 Å². The van der Waals surface area contributed by atoms with Gasteiger partial charge < -0.3 is 9.64 Å². The summed E-state index contributed by atoms with van der Waals surface area (Å²) < 4.78 is 5.51. The van der Waals surface area contributed by atoms with Crippen molar-refractivity contribution in [1.29, 1.82) is 5.26 Å². The fourth-order valence-electron chi connectivity index (χ4n) is 2.07. The molecule has 1 saturated heterocycles. The largest absolute Gasteiger partial charge is 0.375 e. The van der Waals surface area contributed by atoms with E-state index in [1.807, 2.05) is 24.8 Å². The van der Waals surface area contributed by atoms with Crippen LogP contribution in [0, 0.1) is 11.3 Å². The molecule has 0 aliphatic carbocycles. The van der Waals surface area contributed by atoms with Crippen molar-refractivity contribution in [3.05, 3.63) is 35.4 Å². The SMILES string of the molecule is C[C@@H]1CN(C(=O)c2cccc(C#N)c2)[C@H](C)CO1. The van der Waals surface area contributed by atoms with Gasteiger partial charge in [0, 0.05) is 12.1 Å². The first-order valence-electron chi connectivity index (χ1n) is 6.04. The lowest BCUT2D eigenvalue weighted by Crippen LogP contribution is -2.50. The van der Waals surface area contributed by atoms with Gasteiger partial charge in [0.25, 0.3) is 5.91 Å². The van der Waals surface area contributed by atoms with E-state index >= 15 is 0 Å². The van der Waals surface area contributed by atoms with Crippen molar-refractivity contribution < 1.29 is 9.53 Å². The van der Waals surface area contributed by atoms with Crippen LogP contribution < -0.4 is 0 Å². The summed E-state index contributed by atoms with van der Waals surface area (Å²) in [7, 11) is 0. The third-order valence-corrected chi connectivity index (χ3v) is 3.11. The minimum atomic E-state index is -0.0326. The van der Waals surface area contributed by atoms with Gasteiger partial charge in [-0.3, -0.25) is 4.79 Å². The van der Waals surface area contributed by atoms with Crippen LogP contribution in [0.5, 0.6) is 0 Å². The van der Waals surface area contributed by atoms with Gasteiger partial charge in [-0.15, -0.1) is 0 Å². The van der Waals surface area contributed by atoms with Crippen LogP contribution >= 0.6 is 0 Å². The number of ether oxygens (including phenoxy) is 1. The second kappa shape index (κ2) is 5.19. The zero-order chi connectivity index (χ0) is 13.1. The van der Waals surface area contributed by atoms with Crippen LogP contribution in [0.2, 0.25) is 0 Å². The molecular weight excluding hydrogens is 228 g/mol. The fourth-order valence-corrected chi connectivity index (χ4v) is 2.07. The molecule has 0 aromatic heterocycles. The van der Waals surface area contributed by atoms with Gasteiger partial charge in [-0.25, -0.2) is 0 Å². The Morgan fingerprint density at radius 1 is 1.50 bits per heavy atom. The Morgan fingerprint density at radius 3 is 3.00 bits per heavy atom. The van der Waals surface area contributed by atoms with Crippen molar-refractivity contribution in [3.8, 4) is 6.07 Å². The summed E-state index contributed by atoms with van der Waals surface area (Å²) >= 11 is 0. The second-order valence-corrected chi connectivity index (χ2v) is 4.64. The van der Waals surface area contributed by atoms with Gasteiger partial charge in [-0.05, 0) is 32.0 Å². The van der Waals surface area contributed by atoms with Crippen molar-refractivity contribution in [2.75, 3.05) is 13.2 Å². The van der Waals surface area contributed by atoms with Crippen molar-refractivity contribution >= 4 is 5.91 Å². The molecule has 0 bridgehead atoms. The molecule has 1 aliphatic heterocycles. The van der Waals surface area contributed by atoms with Crippen molar-refractivity contribution in [2.45, 2.75) is 26.0 Å². The van der Waals surface area contributed by atoms with Crippen LogP contribution in [0.1, 0.15) is 29.8 Å². The molecule has 1 aromatic rings. The molecule has 1 aliphatic rings. The highest BCUT2D eigenvalue weighted by molar-refractivity contribution is 5.94. The number of hydrogen-bond donors (Lipinski definition) is 0. The summed E-state index contributed by atoms with van der Waals surface area (Å²) in [4.78, 5) is 14.2. The Labute approximate surface area is 107 Å².